The number of hydrogen-bond acceptors (Lipinski definition) is 15. The van der Waals surface area contributed by atoms with Crippen molar-refractivity contribution in [1.82, 2.24) is 28.2 Å². The summed E-state index contributed by atoms with van der Waals surface area (Å²) in [5.74, 6) is -0.0203. The molecular formula is C64H68F5IN14O6S2. The number of rotatable bonds is 22. The van der Waals surface area contributed by atoms with Crippen LogP contribution in [0, 0.1) is 34.5 Å². The van der Waals surface area contributed by atoms with Gasteiger partial charge in [-0.1, -0.05) is 72.4 Å². The van der Waals surface area contributed by atoms with Gasteiger partial charge in [0.05, 0.1) is 46.1 Å². The number of thioether (sulfide) groups is 1. The Morgan fingerprint density at radius 3 is 1.26 bits per heavy atom. The Labute approximate surface area is 552 Å². The van der Waals surface area contributed by atoms with E-state index in [0.29, 0.717) is 83.8 Å². The number of anilines is 3. The lowest BCUT2D eigenvalue weighted by Gasteiger charge is -2.16. The number of aromatic nitrogens is 6. The molecule has 20 nitrogen and oxygen atoms in total. The molecule has 9 aromatic rings. The van der Waals surface area contributed by atoms with Gasteiger partial charge in [-0.15, -0.1) is 24.0 Å². The predicted molar refractivity (Wildman–Crippen MR) is 367 cm³/mol. The number of halogens is 6. The molecule has 0 aliphatic carbocycles. The van der Waals surface area contributed by atoms with Crippen LogP contribution in [0.15, 0.2) is 194 Å². The van der Waals surface area contributed by atoms with Gasteiger partial charge in [-0.3, -0.25) is 9.13 Å². The number of thiocarbonyl (C=S) groups is 1. The quantitative estimate of drug-likeness (QED) is 0.00830. The second-order valence-electron chi connectivity index (χ2n) is 19.6. The fraction of sp³-hybridized carbons (Fsp3) is 0.203. The second-order valence-corrected chi connectivity index (χ2v) is 20.8. The van der Waals surface area contributed by atoms with Crippen molar-refractivity contribution in [3.8, 4) is 11.5 Å². The SMILES string of the molecule is COc1ccc(Cn2c(NCCCC(=N)Cc3ccc(F)cc3)nc(=O)n(Cc3ccc(F)cc3)c2=O)cc1.COc1ccc(Cn2c(NCCN)nc(=O)n(Cc3ccc(F)cc3)c2=O)cc1.CSC(N)=Nc1ccc(F)cc1.I.NC(=S)Nc1ccc(F)cc1. The minimum Gasteiger partial charge on any atom is -0.497 e. The molecule has 0 amide bonds. The van der Waals surface area contributed by atoms with Crippen molar-refractivity contribution in [1.29, 1.82) is 5.41 Å². The average Bonchev–Trinajstić information content (AvgIpc) is 0.857. The molecule has 484 valence electrons. The molecule has 0 atom stereocenters. The van der Waals surface area contributed by atoms with Gasteiger partial charge in [0.25, 0.3) is 0 Å². The third kappa shape index (κ3) is 24.0. The molecule has 0 aliphatic rings. The fourth-order valence-electron chi connectivity index (χ4n) is 8.24. The summed E-state index contributed by atoms with van der Waals surface area (Å²) >= 11 is 5.94. The lowest BCUT2D eigenvalue weighted by atomic mass is 10.1. The number of nitrogens with one attached hydrogen (secondary N) is 4. The van der Waals surface area contributed by atoms with Crippen LogP contribution in [0.4, 0.5) is 45.2 Å². The molecule has 0 saturated carbocycles. The van der Waals surface area contributed by atoms with Gasteiger partial charge in [0.15, 0.2) is 10.3 Å². The van der Waals surface area contributed by atoms with Crippen LogP contribution < -0.4 is 65.4 Å². The van der Waals surface area contributed by atoms with E-state index in [-0.39, 0.29) is 84.6 Å². The van der Waals surface area contributed by atoms with E-state index in [4.69, 9.17) is 32.1 Å². The molecule has 0 saturated heterocycles. The maximum Gasteiger partial charge on any atom is 0.355 e. The van der Waals surface area contributed by atoms with Gasteiger partial charge in [-0.05, 0) is 168 Å². The zero-order chi connectivity index (χ0) is 65.8. The van der Waals surface area contributed by atoms with E-state index in [1.165, 1.54) is 106 Å². The van der Waals surface area contributed by atoms with Crippen molar-refractivity contribution < 1.29 is 31.4 Å². The van der Waals surface area contributed by atoms with Crippen molar-refractivity contribution in [2.24, 2.45) is 22.2 Å². The number of hydrogen-bond donors (Lipinski definition) is 7. The van der Waals surface area contributed by atoms with Crippen LogP contribution in [-0.2, 0) is 32.6 Å². The third-order valence-electron chi connectivity index (χ3n) is 12.9. The van der Waals surface area contributed by atoms with Gasteiger partial charge in [-0.2, -0.15) is 9.97 Å². The van der Waals surface area contributed by atoms with Crippen LogP contribution in [0.1, 0.15) is 40.7 Å². The highest BCUT2D eigenvalue weighted by atomic mass is 127. The van der Waals surface area contributed by atoms with Crippen LogP contribution in [0.5, 0.6) is 11.5 Å². The molecule has 9 rings (SSSR count). The lowest BCUT2D eigenvalue weighted by molar-refractivity contribution is 0.414. The smallest absolute Gasteiger partial charge is 0.355 e. The highest BCUT2D eigenvalue weighted by molar-refractivity contribution is 14.0. The first kappa shape index (κ1) is 73.2. The molecule has 0 unspecified atom stereocenters. The van der Waals surface area contributed by atoms with Crippen molar-refractivity contribution >= 4 is 87.2 Å². The van der Waals surface area contributed by atoms with Gasteiger partial charge < -0.3 is 48.0 Å². The molecule has 0 spiro atoms. The number of aliphatic imine (C=N–C) groups is 1. The Bertz CT molecular complexity index is 4090. The minimum atomic E-state index is -0.721. The van der Waals surface area contributed by atoms with Gasteiger partial charge >= 0.3 is 22.8 Å². The van der Waals surface area contributed by atoms with E-state index in [1.54, 1.807) is 74.9 Å². The van der Waals surface area contributed by atoms with Crippen LogP contribution in [0.3, 0.4) is 0 Å². The third-order valence-corrected chi connectivity index (χ3v) is 13.5. The molecule has 0 radical (unpaired) electrons. The molecule has 2 heterocycles. The minimum absolute atomic E-state index is 0. The Morgan fingerprint density at radius 1 is 0.543 bits per heavy atom. The number of nitrogens with zero attached hydrogens (tertiary/aromatic N) is 7. The summed E-state index contributed by atoms with van der Waals surface area (Å²) in [6.07, 6.45) is 3.30. The van der Waals surface area contributed by atoms with Gasteiger partial charge in [0.2, 0.25) is 11.9 Å². The summed E-state index contributed by atoms with van der Waals surface area (Å²) in [4.78, 5) is 64.0. The number of methoxy groups -OCH3 is 2. The first-order valence-corrected chi connectivity index (χ1v) is 29.5. The van der Waals surface area contributed by atoms with Gasteiger partial charge in [-0.25, -0.2) is 55.3 Å². The van der Waals surface area contributed by atoms with Gasteiger partial charge in [0, 0.05) is 37.5 Å². The second kappa shape index (κ2) is 37.6. The number of ether oxygens (including phenoxy) is 2. The first-order chi connectivity index (χ1) is 43.7. The normalized spacial score (nSPS) is 10.6. The summed E-state index contributed by atoms with van der Waals surface area (Å²) < 4.78 is 79.5. The molecular weight excluding hydrogens is 1350 g/mol. The Balaban J connectivity index is 0.000000251. The topological polar surface area (TPSA) is 283 Å². The first-order valence-electron chi connectivity index (χ1n) is 27.9. The van der Waals surface area contributed by atoms with E-state index >= 15 is 0 Å². The standard InChI is InChI=1S/C29H29F2N5O3.C20H22FN5O3.C8H9FN2S.C7H7FN2S.HI/c1-39-26-14-8-22(9-15-26)18-35-27(33-16-2-3-25(32)17-20-4-10-23(30)11-5-20)34-28(37)36(29(35)38)19-21-6-12-24(31)13-7-21;1-29-17-8-4-15(5-9-17)12-25-18(23-11-10-22)24-19(27)26(20(25)28)13-14-2-6-16(21)7-3-14;1-12-8(10)11-7-4-2-6(9)3-5-7;8-5-1-3-6(4-2-5)10-7(9)11;/h4-15,32H,2-3,16-19H2,1H3,(H,33,34,37);2-9H,10-13,22H2,1H3,(H,23,24,27);2-5H,1H3,(H2,10,11);1-4H,(H3,9,10,11);1H. The van der Waals surface area contributed by atoms with Crippen molar-refractivity contribution in [3.05, 3.63) is 269 Å². The Morgan fingerprint density at radius 2 is 0.891 bits per heavy atom. The molecule has 28 heteroatoms. The fourth-order valence-corrected chi connectivity index (χ4v) is 8.56. The van der Waals surface area contributed by atoms with Crippen LogP contribution >= 0.6 is 48.0 Å². The van der Waals surface area contributed by atoms with E-state index in [1.807, 2.05) is 30.5 Å². The van der Waals surface area contributed by atoms with Crippen molar-refractivity contribution in [2.75, 3.05) is 56.1 Å². The van der Waals surface area contributed by atoms with Crippen molar-refractivity contribution in [2.45, 2.75) is 45.4 Å². The maximum atomic E-state index is 13.5. The van der Waals surface area contributed by atoms with E-state index in [9.17, 15) is 41.1 Å². The number of nitrogens with two attached hydrogens (primary N) is 3. The molecule has 0 fully saturated rings. The summed E-state index contributed by atoms with van der Waals surface area (Å²) in [6, 6.07) is 43.3. The number of benzene rings is 7. The summed E-state index contributed by atoms with van der Waals surface area (Å²) in [6.45, 7) is 1.35. The molecule has 92 heavy (non-hydrogen) atoms. The molecule has 10 N–H and O–H groups in total. The van der Waals surface area contributed by atoms with Crippen LogP contribution in [-0.4, -0.2) is 84.3 Å². The van der Waals surface area contributed by atoms with Crippen LogP contribution in [0.2, 0.25) is 0 Å². The van der Waals surface area contributed by atoms with E-state index in [0.717, 1.165) is 25.8 Å². The predicted octanol–water partition coefficient (Wildman–Crippen LogP) is 9.50. The molecule has 2 aromatic heterocycles. The Kier molecular flexibility index (Phi) is 29.9. The molecule has 0 aliphatic heterocycles. The monoisotopic (exact) mass is 1410 g/mol. The average molecular weight is 1420 g/mol. The zero-order valence-electron chi connectivity index (χ0n) is 50.2. The van der Waals surface area contributed by atoms with Crippen molar-refractivity contribution in [3.63, 3.8) is 0 Å². The van der Waals surface area contributed by atoms with Crippen LogP contribution in [0.25, 0.3) is 0 Å². The summed E-state index contributed by atoms with van der Waals surface area (Å²) in [5.41, 5.74) is 19.2. The largest absolute Gasteiger partial charge is 0.497 e. The van der Waals surface area contributed by atoms with E-state index < -0.39 is 34.4 Å². The molecule has 7 aromatic carbocycles. The zero-order valence-corrected chi connectivity index (χ0v) is 54.1. The highest BCUT2D eigenvalue weighted by Gasteiger charge is 2.17. The highest BCUT2D eigenvalue weighted by Crippen LogP contribution is 2.17. The van der Waals surface area contributed by atoms with Gasteiger partial charge in [0.1, 0.15) is 40.6 Å². The molecule has 0 bridgehead atoms. The number of amidine groups is 1. The summed E-state index contributed by atoms with van der Waals surface area (Å²) in [5, 5.41) is 17.6. The maximum absolute atomic E-state index is 13.5. The Hall–Kier alpha value is -9.52. The summed E-state index contributed by atoms with van der Waals surface area (Å²) in [7, 11) is 3.14. The lowest BCUT2D eigenvalue weighted by Crippen LogP contribution is -2.43. The van der Waals surface area contributed by atoms with E-state index in [2.05, 4.69) is 43.1 Å².